The van der Waals surface area contributed by atoms with Gasteiger partial charge in [-0.05, 0) is 32.0 Å². The van der Waals surface area contributed by atoms with Crippen LogP contribution in [0.5, 0.6) is 0 Å². The van der Waals surface area contributed by atoms with Crippen molar-refractivity contribution in [1.82, 2.24) is 9.97 Å². The summed E-state index contributed by atoms with van der Waals surface area (Å²) in [6.07, 6.45) is -0.0709. The van der Waals surface area contributed by atoms with Crippen LogP contribution in [0.15, 0.2) is 23.0 Å². The molecule has 2 N–H and O–H groups in total. The van der Waals surface area contributed by atoms with E-state index < -0.39 is 0 Å². The van der Waals surface area contributed by atoms with Crippen molar-refractivity contribution in [2.45, 2.75) is 20.3 Å². The third-order valence-corrected chi connectivity index (χ3v) is 3.26. The Kier molecular flexibility index (Phi) is 4.65. The van der Waals surface area contributed by atoms with Crippen molar-refractivity contribution in [2.24, 2.45) is 0 Å². The van der Waals surface area contributed by atoms with Crippen LogP contribution in [-0.4, -0.2) is 15.9 Å². The van der Waals surface area contributed by atoms with Crippen LogP contribution in [0.2, 0.25) is 10.0 Å². The average molecular weight is 326 g/mol. The van der Waals surface area contributed by atoms with E-state index in [0.29, 0.717) is 32.8 Å². The molecule has 0 saturated carbocycles. The van der Waals surface area contributed by atoms with Crippen LogP contribution in [0.25, 0.3) is 0 Å². The third-order valence-electron chi connectivity index (χ3n) is 2.82. The van der Waals surface area contributed by atoms with Crippen LogP contribution in [0.4, 0.5) is 5.69 Å². The van der Waals surface area contributed by atoms with Crippen molar-refractivity contribution in [2.75, 3.05) is 5.32 Å². The van der Waals surface area contributed by atoms with Gasteiger partial charge in [-0.3, -0.25) is 9.59 Å². The number of hydrogen-bond acceptors (Lipinski definition) is 3. The van der Waals surface area contributed by atoms with Gasteiger partial charge in [0.1, 0.15) is 5.82 Å². The first-order chi connectivity index (χ1) is 9.85. The summed E-state index contributed by atoms with van der Waals surface area (Å²) < 4.78 is 0. The smallest absolute Gasteiger partial charge is 0.254 e. The lowest BCUT2D eigenvalue weighted by atomic mass is 10.1. The Labute approximate surface area is 131 Å². The molecule has 2 aromatic rings. The van der Waals surface area contributed by atoms with Crippen molar-refractivity contribution in [3.05, 3.63) is 55.7 Å². The van der Waals surface area contributed by atoms with Gasteiger partial charge in [0.15, 0.2) is 0 Å². The Morgan fingerprint density at radius 3 is 2.43 bits per heavy atom. The highest BCUT2D eigenvalue weighted by Crippen LogP contribution is 2.22. The van der Waals surface area contributed by atoms with Gasteiger partial charge in [-0.15, -0.1) is 0 Å². The van der Waals surface area contributed by atoms with E-state index in [1.807, 2.05) is 0 Å². The van der Waals surface area contributed by atoms with E-state index in [1.54, 1.807) is 32.0 Å². The van der Waals surface area contributed by atoms with Gasteiger partial charge in [-0.25, -0.2) is 4.98 Å². The number of aromatic nitrogens is 2. The molecule has 0 atom stereocenters. The Bertz CT molecular complexity index is 736. The Balaban J connectivity index is 2.17. The SMILES string of the molecule is Cc1nc(C)c(CC(=O)Nc2cc(Cl)cc(Cl)c2)c(=O)[nH]1. The first kappa shape index (κ1) is 15.5. The van der Waals surface area contributed by atoms with Crippen molar-refractivity contribution < 1.29 is 4.79 Å². The number of nitrogens with one attached hydrogen (secondary N) is 2. The maximum absolute atomic E-state index is 12.0. The van der Waals surface area contributed by atoms with Crippen molar-refractivity contribution in [3.63, 3.8) is 0 Å². The molecule has 0 aliphatic rings. The van der Waals surface area contributed by atoms with E-state index in [4.69, 9.17) is 23.2 Å². The molecule has 0 bridgehead atoms. The van der Waals surface area contributed by atoms with E-state index in [9.17, 15) is 9.59 Å². The van der Waals surface area contributed by atoms with E-state index in [2.05, 4.69) is 15.3 Å². The fourth-order valence-corrected chi connectivity index (χ4v) is 2.48. The molecule has 0 aliphatic carbocycles. The standard InChI is InChI=1S/C14H13Cl2N3O2/c1-7-12(14(21)18-8(2)17-7)6-13(20)19-11-4-9(15)3-10(16)5-11/h3-5H,6H2,1-2H3,(H,19,20)(H,17,18,21). The molecule has 1 heterocycles. The second kappa shape index (κ2) is 6.28. The van der Waals surface area contributed by atoms with Crippen LogP contribution in [0.1, 0.15) is 17.1 Å². The Morgan fingerprint density at radius 2 is 1.86 bits per heavy atom. The number of aromatic amines is 1. The van der Waals surface area contributed by atoms with Crippen LogP contribution < -0.4 is 10.9 Å². The molecule has 7 heteroatoms. The molecule has 110 valence electrons. The molecule has 0 saturated heterocycles. The topological polar surface area (TPSA) is 74.8 Å². The van der Waals surface area contributed by atoms with Gasteiger partial charge in [0.05, 0.1) is 6.42 Å². The molecule has 0 spiro atoms. The van der Waals surface area contributed by atoms with Crippen LogP contribution in [0.3, 0.4) is 0 Å². The van der Waals surface area contributed by atoms with Crippen molar-refractivity contribution in [1.29, 1.82) is 0 Å². The lowest BCUT2D eigenvalue weighted by Gasteiger charge is -2.08. The molecular formula is C14H13Cl2N3O2. The van der Waals surface area contributed by atoms with E-state index in [0.717, 1.165) is 0 Å². The molecule has 2 rings (SSSR count). The zero-order valence-electron chi connectivity index (χ0n) is 11.5. The van der Waals surface area contributed by atoms with Crippen molar-refractivity contribution >= 4 is 34.8 Å². The fourth-order valence-electron chi connectivity index (χ4n) is 1.95. The maximum atomic E-state index is 12.0. The highest BCUT2D eigenvalue weighted by Gasteiger charge is 2.12. The minimum absolute atomic E-state index is 0.0709. The zero-order valence-corrected chi connectivity index (χ0v) is 13.0. The lowest BCUT2D eigenvalue weighted by molar-refractivity contribution is -0.115. The van der Waals surface area contributed by atoms with Gasteiger partial charge in [-0.1, -0.05) is 23.2 Å². The number of rotatable bonds is 3. The highest BCUT2D eigenvalue weighted by atomic mass is 35.5. The molecule has 0 unspecified atom stereocenters. The average Bonchev–Trinajstić information content (AvgIpc) is 2.32. The number of hydrogen-bond donors (Lipinski definition) is 2. The Morgan fingerprint density at radius 1 is 1.24 bits per heavy atom. The molecule has 1 aromatic carbocycles. The minimum atomic E-state index is -0.340. The first-order valence-corrected chi connectivity index (χ1v) is 6.93. The molecule has 5 nitrogen and oxygen atoms in total. The van der Waals surface area contributed by atoms with Crippen LogP contribution in [-0.2, 0) is 11.2 Å². The fraction of sp³-hybridized carbons (Fsp3) is 0.214. The molecule has 0 aliphatic heterocycles. The van der Waals surface area contributed by atoms with Gasteiger partial charge >= 0.3 is 0 Å². The highest BCUT2D eigenvalue weighted by molar-refractivity contribution is 6.35. The largest absolute Gasteiger partial charge is 0.326 e. The summed E-state index contributed by atoms with van der Waals surface area (Å²) in [5.41, 5.74) is 1.05. The summed E-state index contributed by atoms with van der Waals surface area (Å²) in [4.78, 5) is 30.6. The second-order valence-corrected chi connectivity index (χ2v) is 5.47. The number of anilines is 1. The number of nitrogens with zero attached hydrogens (tertiary/aromatic N) is 1. The molecule has 0 fully saturated rings. The van der Waals surface area contributed by atoms with Gasteiger partial charge in [0, 0.05) is 27.0 Å². The number of carbonyl (C=O) groups excluding carboxylic acids is 1. The molecular weight excluding hydrogens is 313 g/mol. The third kappa shape index (κ3) is 4.06. The van der Waals surface area contributed by atoms with Gasteiger partial charge in [-0.2, -0.15) is 0 Å². The zero-order chi connectivity index (χ0) is 15.6. The van der Waals surface area contributed by atoms with Crippen LogP contribution >= 0.6 is 23.2 Å². The number of halogens is 2. The predicted molar refractivity (Wildman–Crippen MR) is 83.1 cm³/mol. The number of amides is 1. The Hall–Kier alpha value is -1.85. The quantitative estimate of drug-likeness (QED) is 0.911. The van der Waals surface area contributed by atoms with Crippen molar-refractivity contribution in [3.8, 4) is 0 Å². The first-order valence-electron chi connectivity index (χ1n) is 6.17. The van der Waals surface area contributed by atoms with Gasteiger partial charge < -0.3 is 10.3 Å². The monoisotopic (exact) mass is 325 g/mol. The van der Waals surface area contributed by atoms with Gasteiger partial charge in [0.25, 0.3) is 5.56 Å². The van der Waals surface area contributed by atoms with Crippen LogP contribution in [0, 0.1) is 13.8 Å². The molecule has 0 radical (unpaired) electrons. The summed E-state index contributed by atoms with van der Waals surface area (Å²) in [6, 6.07) is 4.73. The minimum Gasteiger partial charge on any atom is -0.326 e. The van der Waals surface area contributed by atoms with E-state index in [1.165, 1.54) is 0 Å². The number of carbonyl (C=O) groups is 1. The molecule has 1 amide bonds. The number of benzene rings is 1. The number of aryl methyl sites for hydroxylation is 2. The predicted octanol–water partition coefficient (Wildman–Crippen LogP) is 2.87. The normalized spacial score (nSPS) is 10.5. The molecule has 1 aromatic heterocycles. The summed E-state index contributed by atoms with van der Waals surface area (Å²) in [5, 5.41) is 3.49. The maximum Gasteiger partial charge on any atom is 0.254 e. The summed E-state index contributed by atoms with van der Waals surface area (Å²) >= 11 is 11.7. The number of H-pyrrole nitrogens is 1. The summed E-state index contributed by atoms with van der Waals surface area (Å²) in [5.74, 6) is 0.177. The lowest BCUT2D eigenvalue weighted by Crippen LogP contribution is -2.24. The van der Waals surface area contributed by atoms with Gasteiger partial charge in [0.2, 0.25) is 5.91 Å². The summed E-state index contributed by atoms with van der Waals surface area (Å²) in [6.45, 7) is 3.38. The van der Waals surface area contributed by atoms with E-state index in [-0.39, 0.29) is 17.9 Å². The summed E-state index contributed by atoms with van der Waals surface area (Å²) in [7, 11) is 0. The second-order valence-electron chi connectivity index (χ2n) is 4.60. The molecule has 21 heavy (non-hydrogen) atoms. The van der Waals surface area contributed by atoms with E-state index >= 15 is 0 Å².